The summed E-state index contributed by atoms with van der Waals surface area (Å²) in [5.41, 5.74) is 0.956. The van der Waals surface area contributed by atoms with Gasteiger partial charge in [-0.25, -0.2) is 8.42 Å². The molecule has 0 unspecified atom stereocenters. The average Bonchev–Trinajstić information content (AvgIpc) is 3.09. The van der Waals surface area contributed by atoms with Crippen molar-refractivity contribution in [3.63, 3.8) is 0 Å². The van der Waals surface area contributed by atoms with E-state index in [2.05, 4.69) is 4.98 Å². The zero-order valence-electron chi connectivity index (χ0n) is 12.8. The van der Waals surface area contributed by atoms with Crippen molar-refractivity contribution < 1.29 is 13.2 Å². The standard InChI is InChI=1S/C17H20N2O3S/c20-23(21,17-9-4-10-18-12-17)19(14-16-8-5-11-22-16)13-15-6-2-1-3-7-15/h1-4,6-7,9-10,12,16H,5,8,11,13-14H2/t16-/m0/s1. The molecule has 1 atom stereocenters. The molecule has 2 heterocycles. The number of benzene rings is 1. The molecule has 1 aromatic heterocycles. The first-order chi connectivity index (χ1) is 11.2. The quantitative estimate of drug-likeness (QED) is 0.815. The second kappa shape index (κ2) is 7.21. The van der Waals surface area contributed by atoms with Crippen molar-refractivity contribution >= 4 is 10.0 Å². The highest BCUT2D eigenvalue weighted by atomic mass is 32.2. The smallest absolute Gasteiger partial charge is 0.244 e. The molecule has 1 aliphatic heterocycles. The van der Waals surface area contributed by atoms with Gasteiger partial charge in [-0.1, -0.05) is 30.3 Å². The molecule has 0 radical (unpaired) electrons. The number of ether oxygens (including phenoxy) is 1. The fourth-order valence-electron chi connectivity index (χ4n) is 2.70. The van der Waals surface area contributed by atoms with Crippen molar-refractivity contribution in [2.75, 3.05) is 13.2 Å². The second-order valence-corrected chi connectivity index (χ2v) is 7.54. The Labute approximate surface area is 137 Å². The molecule has 0 saturated carbocycles. The van der Waals surface area contributed by atoms with Gasteiger partial charge in [0.1, 0.15) is 4.90 Å². The number of hydrogen-bond donors (Lipinski definition) is 0. The summed E-state index contributed by atoms with van der Waals surface area (Å²) in [5.74, 6) is 0. The van der Waals surface area contributed by atoms with Gasteiger partial charge in [0.2, 0.25) is 10.0 Å². The molecule has 0 bridgehead atoms. The summed E-state index contributed by atoms with van der Waals surface area (Å²) in [7, 11) is -3.60. The lowest BCUT2D eigenvalue weighted by Crippen LogP contribution is -2.37. The van der Waals surface area contributed by atoms with E-state index in [9.17, 15) is 8.42 Å². The van der Waals surface area contributed by atoms with Gasteiger partial charge >= 0.3 is 0 Å². The van der Waals surface area contributed by atoms with E-state index in [1.54, 1.807) is 18.3 Å². The van der Waals surface area contributed by atoms with Crippen molar-refractivity contribution in [3.8, 4) is 0 Å². The molecule has 23 heavy (non-hydrogen) atoms. The summed E-state index contributed by atoms with van der Waals surface area (Å²) in [6.07, 6.45) is 4.80. The summed E-state index contributed by atoms with van der Waals surface area (Å²) in [5, 5.41) is 0. The largest absolute Gasteiger partial charge is 0.377 e. The second-order valence-electron chi connectivity index (χ2n) is 5.61. The molecule has 0 amide bonds. The lowest BCUT2D eigenvalue weighted by Gasteiger charge is -2.24. The van der Waals surface area contributed by atoms with E-state index in [-0.39, 0.29) is 11.0 Å². The number of aromatic nitrogens is 1. The first-order valence-electron chi connectivity index (χ1n) is 7.72. The van der Waals surface area contributed by atoms with Gasteiger partial charge in [0.05, 0.1) is 6.10 Å². The zero-order valence-corrected chi connectivity index (χ0v) is 13.7. The van der Waals surface area contributed by atoms with Crippen LogP contribution < -0.4 is 0 Å². The van der Waals surface area contributed by atoms with Crippen LogP contribution in [0.5, 0.6) is 0 Å². The van der Waals surface area contributed by atoms with Crippen LogP contribution in [0.3, 0.4) is 0 Å². The van der Waals surface area contributed by atoms with Gasteiger partial charge in [-0.3, -0.25) is 4.98 Å². The number of rotatable bonds is 6. The van der Waals surface area contributed by atoms with E-state index in [0.29, 0.717) is 19.7 Å². The van der Waals surface area contributed by atoms with Crippen LogP contribution in [-0.2, 0) is 21.3 Å². The summed E-state index contributed by atoms with van der Waals surface area (Å²) in [6, 6.07) is 12.8. The van der Waals surface area contributed by atoms with Gasteiger partial charge in [0.25, 0.3) is 0 Å². The Morgan fingerprint density at radius 3 is 2.65 bits per heavy atom. The Hall–Kier alpha value is -1.76. The highest BCUT2D eigenvalue weighted by Gasteiger charge is 2.29. The van der Waals surface area contributed by atoms with Crippen molar-refractivity contribution in [3.05, 3.63) is 60.4 Å². The van der Waals surface area contributed by atoms with E-state index in [4.69, 9.17) is 4.74 Å². The molecule has 1 fully saturated rings. The predicted octanol–water partition coefficient (Wildman–Crippen LogP) is 2.45. The molecule has 1 saturated heterocycles. The molecule has 3 rings (SSSR count). The molecular weight excluding hydrogens is 312 g/mol. The monoisotopic (exact) mass is 332 g/mol. The Morgan fingerprint density at radius 2 is 2.00 bits per heavy atom. The van der Waals surface area contributed by atoms with E-state index in [1.165, 1.54) is 10.5 Å². The number of pyridine rings is 1. The van der Waals surface area contributed by atoms with Crippen LogP contribution in [0.4, 0.5) is 0 Å². The predicted molar refractivity (Wildman–Crippen MR) is 87.2 cm³/mol. The molecule has 0 N–H and O–H groups in total. The minimum Gasteiger partial charge on any atom is -0.377 e. The fourth-order valence-corrected chi connectivity index (χ4v) is 4.12. The van der Waals surface area contributed by atoms with Crippen LogP contribution >= 0.6 is 0 Å². The van der Waals surface area contributed by atoms with Crippen LogP contribution in [0.2, 0.25) is 0 Å². The average molecular weight is 332 g/mol. The summed E-state index contributed by atoms with van der Waals surface area (Å²) < 4.78 is 33.0. The normalized spacial score (nSPS) is 18.4. The summed E-state index contributed by atoms with van der Waals surface area (Å²) in [6.45, 7) is 1.40. The third-order valence-corrected chi connectivity index (χ3v) is 5.70. The molecule has 2 aromatic rings. The SMILES string of the molecule is O=S(=O)(c1cccnc1)N(Cc1ccccc1)C[C@@H]1CCCO1. The molecule has 122 valence electrons. The Balaban J connectivity index is 1.87. The summed E-state index contributed by atoms with van der Waals surface area (Å²) >= 11 is 0. The third-order valence-electron chi connectivity index (χ3n) is 3.91. The van der Waals surface area contributed by atoms with Gasteiger partial charge in [0.15, 0.2) is 0 Å². The van der Waals surface area contributed by atoms with E-state index in [1.807, 2.05) is 30.3 Å². The van der Waals surface area contributed by atoms with E-state index in [0.717, 1.165) is 18.4 Å². The first-order valence-corrected chi connectivity index (χ1v) is 9.16. The molecule has 0 spiro atoms. The molecular formula is C17H20N2O3S. The molecule has 5 nitrogen and oxygen atoms in total. The van der Waals surface area contributed by atoms with Crippen LogP contribution in [0.25, 0.3) is 0 Å². The van der Waals surface area contributed by atoms with Crippen molar-refractivity contribution in [2.24, 2.45) is 0 Å². The fraction of sp³-hybridized carbons (Fsp3) is 0.353. The van der Waals surface area contributed by atoms with Crippen molar-refractivity contribution in [2.45, 2.75) is 30.4 Å². The van der Waals surface area contributed by atoms with Gasteiger partial charge in [0, 0.05) is 32.1 Å². The topological polar surface area (TPSA) is 59.5 Å². The molecule has 6 heteroatoms. The highest BCUT2D eigenvalue weighted by Crippen LogP contribution is 2.21. The van der Waals surface area contributed by atoms with Crippen LogP contribution in [0.1, 0.15) is 18.4 Å². The van der Waals surface area contributed by atoms with E-state index < -0.39 is 10.0 Å². The van der Waals surface area contributed by atoms with Crippen LogP contribution in [0, 0.1) is 0 Å². The van der Waals surface area contributed by atoms with E-state index >= 15 is 0 Å². The van der Waals surface area contributed by atoms with Crippen molar-refractivity contribution in [1.82, 2.24) is 9.29 Å². The molecule has 1 aromatic carbocycles. The number of nitrogens with zero attached hydrogens (tertiary/aromatic N) is 2. The minimum absolute atomic E-state index is 0.0369. The minimum atomic E-state index is -3.60. The third kappa shape index (κ3) is 3.96. The maximum Gasteiger partial charge on any atom is 0.244 e. The first kappa shape index (κ1) is 16.1. The van der Waals surface area contributed by atoms with Gasteiger partial charge < -0.3 is 4.74 Å². The highest BCUT2D eigenvalue weighted by molar-refractivity contribution is 7.89. The number of hydrogen-bond acceptors (Lipinski definition) is 4. The zero-order chi connectivity index (χ0) is 16.1. The molecule has 0 aliphatic carbocycles. The van der Waals surface area contributed by atoms with Gasteiger partial charge in [-0.15, -0.1) is 0 Å². The maximum atomic E-state index is 13.0. The van der Waals surface area contributed by atoms with Crippen LogP contribution in [0.15, 0.2) is 59.8 Å². The maximum absolute atomic E-state index is 13.0. The lowest BCUT2D eigenvalue weighted by atomic mass is 10.2. The Morgan fingerprint density at radius 1 is 1.17 bits per heavy atom. The van der Waals surface area contributed by atoms with Crippen molar-refractivity contribution in [1.29, 1.82) is 0 Å². The summed E-state index contributed by atoms with van der Waals surface area (Å²) in [4.78, 5) is 4.15. The van der Waals surface area contributed by atoms with Gasteiger partial charge in [-0.05, 0) is 30.5 Å². The number of sulfonamides is 1. The lowest BCUT2D eigenvalue weighted by molar-refractivity contribution is 0.0926. The molecule has 1 aliphatic rings. The van der Waals surface area contributed by atoms with Crippen LogP contribution in [-0.4, -0.2) is 37.0 Å². The Bertz CT molecular complexity index is 714. The Kier molecular flexibility index (Phi) is 5.05. The van der Waals surface area contributed by atoms with Gasteiger partial charge in [-0.2, -0.15) is 4.31 Å².